The van der Waals surface area contributed by atoms with Gasteiger partial charge in [-0.05, 0) is 72.7 Å². The molecule has 0 aromatic heterocycles. The van der Waals surface area contributed by atoms with Crippen molar-refractivity contribution in [1.82, 2.24) is 0 Å². The van der Waals surface area contributed by atoms with Crippen molar-refractivity contribution in [2.24, 2.45) is 0 Å². The van der Waals surface area contributed by atoms with Crippen molar-refractivity contribution in [2.45, 2.75) is 27.2 Å². The van der Waals surface area contributed by atoms with E-state index in [9.17, 15) is 0 Å². The normalized spacial score (nSPS) is 13.9. The Morgan fingerprint density at radius 3 is 2.53 bits per heavy atom. The Hall–Kier alpha value is -1.34. The number of hydrogen-bond acceptors (Lipinski definition) is 0. The van der Waals surface area contributed by atoms with Crippen LogP contribution in [0, 0.1) is 13.8 Å². The van der Waals surface area contributed by atoms with Crippen molar-refractivity contribution >= 4 is 21.5 Å². The number of fused-ring (bicyclic) bond motifs is 1. The fraction of sp³-hybridized carbons (Fsp3) is 0.222. The van der Waals surface area contributed by atoms with E-state index in [4.69, 9.17) is 0 Å². The zero-order valence-corrected chi connectivity index (χ0v) is 13.1. The number of allylic oxidation sites excluding steroid dienone is 1. The van der Waals surface area contributed by atoms with Crippen molar-refractivity contribution in [3.8, 4) is 0 Å². The third-order valence-corrected chi connectivity index (χ3v) is 4.59. The third-order valence-electron chi connectivity index (χ3n) is 4.10. The second kappa shape index (κ2) is 4.64. The highest BCUT2D eigenvalue weighted by molar-refractivity contribution is 9.10. The van der Waals surface area contributed by atoms with Gasteiger partial charge in [0.15, 0.2) is 0 Å². The molecular formula is C18H17Br. The van der Waals surface area contributed by atoms with Crippen molar-refractivity contribution in [3.63, 3.8) is 0 Å². The molecule has 1 aliphatic rings. The van der Waals surface area contributed by atoms with Gasteiger partial charge < -0.3 is 0 Å². The first-order valence-electron chi connectivity index (χ1n) is 6.63. The molecule has 0 fully saturated rings. The van der Waals surface area contributed by atoms with Crippen molar-refractivity contribution in [2.75, 3.05) is 0 Å². The van der Waals surface area contributed by atoms with Gasteiger partial charge >= 0.3 is 0 Å². The van der Waals surface area contributed by atoms with Crippen LogP contribution in [0.4, 0.5) is 0 Å². The van der Waals surface area contributed by atoms with Gasteiger partial charge in [0.05, 0.1) is 0 Å². The van der Waals surface area contributed by atoms with Crippen LogP contribution in [-0.4, -0.2) is 0 Å². The Bertz CT molecular complexity index is 693. The van der Waals surface area contributed by atoms with Crippen LogP contribution in [0.1, 0.15) is 34.7 Å². The summed E-state index contributed by atoms with van der Waals surface area (Å²) < 4.78 is 1.16. The average molecular weight is 313 g/mol. The molecule has 0 N–H and O–H groups in total. The highest BCUT2D eigenvalue weighted by atomic mass is 79.9. The number of rotatable bonds is 1. The summed E-state index contributed by atoms with van der Waals surface area (Å²) in [6.07, 6.45) is 1.07. The Labute approximate surface area is 123 Å². The van der Waals surface area contributed by atoms with Crippen LogP contribution in [0.2, 0.25) is 0 Å². The fourth-order valence-corrected chi connectivity index (χ4v) is 3.30. The minimum Gasteiger partial charge on any atom is -0.0614 e. The smallest absolute Gasteiger partial charge is 0.0181 e. The molecule has 0 saturated heterocycles. The lowest BCUT2D eigenvalue weighted by Crippen LogP contribution is -1.93. The molecule has 0 radical (unpaired) electrons. The van der Waals surface area contributed by atoms with Crippen LogP contribution < -0.4 is 0 Å². The third kappa shape index (κ3) is 2.06. The average Bonchev–Trinajstić information content (AvgIpc) is 2.69. The molecule has 0 atom stereocenters. The van der Waals surface area contributed by atoms with Gasteiger partial charge in [-0.2, -0.15) is 0 Å². The van der Waals surface area contributed by atoms with Gasteiger partial charge in [0.25, 0.3) is 0 Å². The summed E-state index contributed by atoms with van der Waals surface area (Å²) in [6.45, 7) is 6.66. The first-order valence-corrected chi connectivity index (χ1v) is 7.42. The van der Waals surface area contributed by atoms with Crippen molar-refractivity contribution < 1.29 is 0 Å². The first kappa shape index (κ1) is 12.7. The van der Waals surface area contributed by atoms with Crippen LogP contribution >= 0.6 is 15.9 Å². The van der Waals surface area contributed by atoms with Crippen molar-refractivity contribution in [3.05, 3.63) is 74.3 Å². The minimum absolute atomic E-state index is 1.07. The molecule has 0 amide bonds. The van der Waals surface area contributed by atoms with Crippen molar-refractivity contribution in [1.29, 1.82) is 0 Å². The monoisotopic (exact) mass is 312 g/mol. The molecule has 0 aliphatic heterocycles. The lowest BCUT2D eigenvalue weighted by molar-refractivity contribution is 1.19. The highest BCUT2D eigenvalue weighted by Crippen LogP contribution is 2.40. The van der Waals surface area contributed by atoms with E-state index in [0.717, 1.165) is 10.9 Å². The lowest BCUT2D eigenvalue weighted by Gasteiger charge is -2.13. The lowest BCUT2D eigenvalue weighted by atomic mass is 9.92. The Morgan fingerprint density at radius 1 is 0.947 bits per heavy atom. The van der Waals surface area contributed by atoms with E-state index in [-0.39, 0.29) is 0 Å². The molecule has 1 aliphatic carbocycles. The molecule has 3 rings (SSSR count). The maximum absolute atomic E-state index is 3.60. The quantitative estimate of drug-likeness (QED) is 0.657. The van der Waals surface area contributed by atoms with Crippen LogP contribution in [0.5, 0.6) is 0 Å². The molecule has 0 heterocycles. The zero-order valence-electron chi connectivity index (χ0n) is 11.5. The van der Waals surface area contributed by atoms with Gasteiger partial charge in [-0.15, -0.1) is 0 Å². The number of hydrogen-bond donors (Lipinski definition) is 0. The van der Waals surface area contributed by atoms with E-state index < -0.39 is 0 Å². The fourth-order valence-electron chi connectivity index (χ4n) is 2.94. The summed E-state index contributed by atoms with van der Waals surface area (Å²) in [4.78, 5) is 0. The van der Waals surface area contributed by atoms with Gasteiger partial charge in [-0.1, -0.05) is 45.8 Å². The molecule has 0 nitrogen and oxygen atoms in total. The molecule has 0 unspecified atom stereocenters. The van der Waals surface area contributed by atoms with Gasteiger partial charge in [0.2, 0.25) is 0 Å². The first-order chi connectivity index (χ1) is 9.08. The second-order valence-electron chi connectivity index (χ2n) is 5.38. The number of halogens is 1. The molecule has 1 heteroatoms. The summed E-state index contributed by atoms with van der Waals surface area (Å²) in [5.74, 6) is 0. The van der Waals surface area contributed by atoms with E-state index in [2.05, 4.69) is 73.1 Å². The predicted octanol–water partition coefficient (Wildman–Crippen LogP) is 5.44. The molecule has 0 saturated carbocycles. The Balaban J connectivity index is 2.24. The second-order valence-corrected chi connectivity index (χ2v) is 6.30. The Kier molecular flexibility index (Phi) is 3.10. The highest BCUT2D eigenvalue weighted by Gasteiger charge is 2.21. The molecule has 2 aromatic rings. The molecule has 0 bridgehead atoms. The maximum atomic E-state index is 3.60. The van der Waals surface area contributed by atoms with E-state index in [1.165, 1.54) is 39.0 Å². The van der Waals surface area contributed by atoms with Gasteiger partial charge in [0.1, 0.15) is 0 Å². The molecular weight excluding hydrogens is 296 g/mol. The largest absolute Gasteiger partial charge is 0.0614 e. The summed E-state index contributed by atoms with van der Waals surface area (Å²) in [5, 5.41) is 0. The zero-order chi connectivity index (χ0) is 13.6. The molecule has 19 heavy (non-hydrogen) atoms. The maximum Gasteiger partial charge on any atom is 0.0181 e. The number of benzene rings is 2. The summed E-state index contributed by atoms with van der Waals surface area (Å²) in [5.41, 5.74) is 9.87. The SMILES string of the molecule is CC1=C(c2cccc(C)c2C)c2cc(Br)ccc2C1. The minimum atomic E-state index is 1.07. The molecule has 96 valence electrons. The molecule has 0 spiro atoms. The van der Waals surface area contributed by atoms with Gasteiger partial charge in [0, 0.05) is 4.47 Å². The van der Waals surface area contributed by atoms with E-state index >= 15 is 0 Å². The van der Waals surface area contributed by atoms with Gasteiger partial charge in [-0.25, -0.2) is 0 Å². The van der Waals surface area contributed by atoms with Crippen LogP contribution in [-0.2, 0) is 6.42 Å². The van der Waals surface area contributed by atoms with Crippen LogP contribution in [0.25, 0.3) is 5.57 Å². The standard InChI is InChI=1S/C18H17Br/c1-11-5-4-6-16(13(11)3)18-12(2)9-14-7-8-15(19)10-17(14)18/h4-8,10H,9H2,1-3H3. The summed E-state index contributed by atoms with van der Waals surface area (Å²) >= 11 is 3.60. The van der Waals surface area contributed by atoms with Gasteiger partial charge in [-0.3, -0.25) is 0 Å². The number of aryl methyl sites for hydroxylation is 1. The van der Waals surface area contributed by atoms with Crippen LogP contribution in [0.3, 0.4) is 0 Å². The topological polar surface area (TPSA) is 0 Å². The van der Waals surface area contributed by atoms with E-state index in [1.54, 1.807) is 0 Å². The predicted molar refractivity (Wildman–Crippen MR) is 85.5 cm³/mol. The van der Waals surface area contributed by atoms with E-state index in [1.807, 2.05) is 0 Å². The molecule has 2 aromatic carbocycles. The van der Waals surface area contributed by atoms with E-state index in [0.29, 0.717) is 0 Å². The summed E-state index contributed by atoms with van der Waals surface area (Å²) in [7, 11) is 0. The Morgan fingerprint density at radius 2 is 1.74 bits per heavy atom. The van der Waals surface area contributed by atoms with Crippen LogP contribution in [0.15, 0.2) is 46.4 Å². The summed E-state index contributed by atoms with van der Waals surface area (Å²) in [6, 6.07) is 13.2.